The summed E-state index contributed by atoms with van der Waals surface area (Å²) in [7, 11) is 0. The molecule has 0 fully saturated rings. The lowest BCUT2D eigenvalue weighted by Gasteiger charge is -2.17. The summed E-state index contributed by atoms with van der Waals surface area (Å²) in [6.45, 7) is -0.728. The number of nitrogens with zero attached hydrogens (tertiary/aromatic N) is 1. The highest BCUT2D eigenvalue weighted by molar-refractivity contribution is 7.98. The molecule has 0 bridgehead atoms. The van der Waals surface area contributed by atoms with E-state index >= 15 is 0 Å². The fraction of sp³-hybridized carbons (Fsp3) is 0.217. The Morgan fingerprint density at radius 1 is 1.09 bits per heavy atom. The van der Waals surface area contributed by atoms with Crippen LogP contribution in [0.2, 0.25) is 0 Å². The number of aromatic nitrogens is 1. The highest BCUT2D eigenvalue weighted by Crippen LogP contribution is 2.15. The average molecular weight is 474 g/mol. The van der Waals surface area contributed by atoms with E-state index in [2.05, 4.69) is 15.6 Å². The number of benzene rings is 2. The number of fused-ring (bicyclic) bond motifs is 1. The number of para-hydroxylation sites is 1. The molecule has 0 radical (unpaired) electrons. The monoisotopic (exact) mass is 473 g/mol. The van der Waals surface area contributed by atoms with Gasteiger partial charge >= 0.3 is 5.97 Å². The highest BCUT2D eigenvalue weighted by atomic mass is 32.2. The summed E-state index contributed by atoms with van der Waals surface area (Å²) in [5, 5.41) is 5.60. The van der Waals surface area contributed by atoms with Gasteiger partial charge in [-0.05, 0) is 42.7 Å². The molecule has 2 amide bonds. The van der Waals surface area contributed by atoms with Crippen molar-refractivity contribution in [2.45, 2.75) is 12.5 Å². The number of rotatable bonds is 9. The Bertz CT molecular complexity index is 1180. The number of thioether (sulfide) groups is 1. The number of ether oxygens (including phenoxy) is 1. The van der Waals surface area contributed by atoms with Gasteiger partial charge in [0, 0.05) is 11.5 Å². The number of pyridine rings is 1. The van der Waals surface area contributed by atoms with Crippen molar-refractivity contribution in [1.82, 2.24) is 10.3 Å². The van der Waals surface area contributed by atoms with E-state index in [-0.39, 0.29) is 17.8 Å². The van der Waals surface area contributed by atoms with Gasteiger partial charge in [0.05, 0.1) is 11.2 Å². The van der Waals surface area contributed by atoms with E-state index in [1.165, 1.54) is 11.8 Å². The molecule has 3 rings (SSSR count). The lowest BCUT2D eigenvalue weighted by atomic mass is 10.2. The molecule has 2 aromatic carbocycles. The minimum Gasteiger partial charge on any atom is -0.454 e. The number of esters is 1. The molecule has 0 unspecified atom stereocenters. The Hall–Kier alpha value is -3.53. The lowest BCUT2D eigenvalue weighted by Crippen LogP contribution is -2.43. The first-order valence-electron chi connectivity index (χ1n) is 9.94. The van der Waals surface area contributed by atoms with Crippen molar-refractivity contribution in [1.29, 1.82) is 0 Å². The minimum absolute atomic E-state index is 0.134. The molecule has 0 spiro atoms. The highest BCUT2D eigenvalue weighted by Gasteiger charge is 2.24. The van der Waals surface area contributed by atoms with E-state index in [0.29, 0.717) is 11.3 Å². The summed E-state index contributed by atoms with van der Waals surface area (Å²) < 4.78 is 31.9. The summed E-state index contributed by atoms with van der Waals surface area (Å²) in [4.78, 5) is 41.5. The van der Waals surface area contributed by atoms with Crippen LogP contribution in [0.4, 0.5) is 14.5 Å². The zero-order chi connectivity index (χ0) is 23.8. The van der Waals surface area contributed by atoms with E-state index in [1.54, 1.807) is 24.3 Å². The van der Waals surface area contributed by atoms with Gasteiger partial charge in [0.15, 0.2) is 6.61 Å². The SMILES string of the molecule is CSCC[C@H](NC(=O)c1ccc2ccccc2n1)C(=O)OCC(=O)Nc1cc(F)ccc1F. The summed E-state index contributed by atoms with van der Waals surface area (Å²) in [5.41, 5.74) is 0.398. The normalized spacial score (nSPS) is 11.6. The standard InChI is InChI=1S/C23H21F2N3O4S/c1-33-11-10-19(28-22(30)18-9-6-14-4-2-3-5-17(14)26-18)23(31)32-13-21(29)27-20-12-15(24)7-8-16(20)25/h2-9,12,19H,10-11,13H2,1H3,(H,27,29)(H,28,30)/t19-/m0/s1. The Morgan fingerprint density at radius 2 is 1.88 bits per heavy atom. The summed E-state index contributed by atoms with van der Waals surface area (Å²) in [6.07, 6.45) is 2.11. The molecule has 0 aliphatic heterocycles. The maximum absolute atomic E-state index is 13.7. The number of anilines is 1. The molecule has 3 aromatic rings. The van der Waals surface area contributed by atoms with Gasteiger partial charge in [-0.3, -0.25) is 9.59 Å². The molecule has 10 heteroatoms. The molecular formula is C23H21F2N3O4S. The molecule has 0 aliphatic rings. The van der Waals surface area contributed by atoms with Crippen LogP contribution in [-0.4, -0.2) is 47.4 Å². The third kappa shape index (κ3) is 6.72. The summed E-state index contributed by atoms with van der Waals surface area (Å²) >= 11 is 1.47. The zero-order valence-corrected chi connectivity index (χ0v) is 18.5. The second-order valence-corrected chi connectivity index (χ2v) is 7.96. The fourth-order valence-corrected chi connectivity index (χ4v) is 3.40. The smallest absolute Gasteiger partial charge is 0.329 e. The molecule has 7 nitrogen and oxygen atoms in total. The predicted molar refractivity (Wildman–Crippen MR) is 122 cm³/mol. The van der Waals surface area contributed by atoms with Crippen LogP contribution in [0, 0.1) is 11.6 Å². The first-order valence-corrected chi connectivity index (χ1v) is 11.3. The van der Waals surface area contributed by atoms with Gasteiger partial charge in [0.25, 0.3) is 11.8 Å². The zero-order valence-electron chi connectivity index (χ0n) is 17.6. The number of carbonyl (C=O) groups excluding carboxylic acids is 3. The molecule has 1 heterocycles. The Labute approximate surface area is 192 Å². The van der Waals surface area contributed by atoms with E-state index in [9.17, 15) is 23.2 Å². The van der Waals surface area contributed by atoms with Gasteiger partial charge in [-0.2, -0.15) is 11.8 Å². The largest absolute Gasteiger partial charge is 0.454 e. The van der Waals surface area contributed by atoms with E-state index in [4.69, 9.17) is 4.74 Å². The Balaban J connectivity index is 1.62. The molecule has 172 valence electrons. The van der Waals surface area contributed by atoms with E-state index < -0.39 is 42.1 Å². The molecular weight excluding hydrogens is 452 g/mol. The lowest BCUT2D eigenvalue weighted by molar-refractivity contribution is -0.149. The van der Waals surface area contributed by atoms with Crippen LogP contribution >= 0.6 is 11.8 Å². The number of hydrogen-bond donors (Lipinski definition) is 2. The van der Waals surface area contributed by atoms with Crippen LogP contribution in [0.5, 0.6) is 0 Å². The molecule has 0 saturated carbocycles. The summed E-state index contributed by atoms with van der Waals surface area (Å²) in [5.74, 6) is -3.25. The molecule has 0 aliphatic carbocycles. The maximum atomic E-state index is 13.7. The van der Waals surface area contributed by atoms with Crippen molar-refractivity contribution in [2.75, 3.05) is 23.9 Å². The van der Waals surface area contributed by atoms with Crippen LogP contribution < -0.4 is 10.6 Å². The van der Waals surface area contributed by atoms with Gasteiger partial charge < -0.3 is 15.4 Å². The molecule has 33 heavy (non-hydrogen) atoms. The van der Waals surface area contributed by atoms with Crippen molar-refractivity contribution >= 4 is 46.1 Å². The maximum Gasteiger partial charge on any atom is 0.329 e. The third-order valence-electron chi connectivity index (χ3n) is 4.58. The number of amides is 2. The molecule has 0 saturated heterocycles. The molecule has 1 aromatic heterocycles. The number of carbonyl (C=O) groups is 3. The van der Waals surface area contributed by atoms with E-state index in [0.717, 1.165) is 23.6 Å². The predicted octanol–water partition coefficient (Wildman–Crippen LogP) is 3.55. The van der Waals surface area contributed by atoms with Crippen molar-refractivity contribution in [3.8, 4) is 0 Å². The first kappa shape index (κ1) is 24.1. The average Bonchev–Trinajstić information content (AvgIpc) is 2.82. The number of halogens is 2. The van der Waals surface area contributed by atoms with Gasteiger partial charge in [-0.15, -0.1) is 0 Å². The topological polar surface area (TPSA) is 97.4 Å². The summed E-state index contributed by atoms with van der Waals surface area (Å²) in [6, 6.07) is 12.2. The second kappa shape index (κ2) is 11.4. The van der Waals surface area contributed by atoms with Gasteiger partial charge in [-0.25, -0.2) is 18.6 Å². The minimum atomic E-state index is -1.02. The van der Waals surface area contributed by atoms with Crippen LogP contribution in [0.15, 0.2) is 54.6 Å². The van der Waals surface area contributed by atoms with Crippen molar-refractivity contribution in [3.05, 3.63) is 71.9 Å². The number of hydrogen-bond acceptors (Lipinski definition) is 6. The van der Waals surface area contributed by atoms with Crippen LogP contribution in [0.1, 0.15) is 16.9 Å². The second-order valence-electron chi connectivity index (χ2n) is 6.98. The van der Waals surface area contributed by atoms with Crippen molar-refractivity contribution in [3.63, 3.8) is 0 Å². The van der Waals surface area contributed by atoms with Gasteiger partial charge in [0.2, 0.25) is 0 Å². The van der Waals surface area contributed by atoms with Crippen molar-refractivity contribution < 1.29 is 27.9 Å². The third-order valence-corrected chi connectivity index (χ3v) is 5.22. The van der Waals surface area contributed by atoms with Gasteiger partial charge in [-0.1, -0.05) is 24.3 Å². The van der Waals surface area contributed by atoms with E-state index in [1.807, 2.05) is 18.4 Å². The van der Waals surface area contributed by atoms with Crippen LogP contribution in [0.25, 0.3) is 10.9 Å². The van der Waals surface area contributed by atoms with Crippen LogP contribution in [0.3, 0.4) is 0 Å². The fourth-order valence-electron chi connectivity index (χ4n) is 2.93. The quantitative estimate of drug-likeness (QED) is 0.462. The van der Waals surface area contributed by atoms with Crippen LogP contribution in [-0.2, 0) is 14.3 Å². The molecule has 2 N–H and O–H groups in total. The van der Waals surface area contributed by atoms with Crippen molar-refractivity contribution in [2.24, 2.45) is 0 Å². The number of nitrogens with one attached hydrogen (secondary N) is 2. The Kier molecular flexibility index (Phi) is 8.31. The molecule has 1 atom stereocenters. The van der Waals surface area contributed by atoms with Gasteiger partial charge in [0.1, 0.15) is 23.4 Å². The first-order chi connectivity index (χ1) is 15.9. The Morgan fingerprint density at radius 3 is 2.67 bits per heavy atom.